The predicted octanol–water partition coefficient (Wildman–Crippen LogP) is 1.09. The molecule has 0 bridgehead atoms. The highest BCUT2D eigenvalue weighted by Crippen LogP contribution is 2.06. The van der Waals surface area contributed by atoms with Crippen molar-refractivity contribution >= 4 is 29.7 Å². The molecule has 7 nitrogen and oxygen atoms in total. The van der Waals surface area contributed by atoms with Crippen molar-refractivity contribution in [2.75, 3.05) is 31.2 Å². The molecule has 0 aliphatic heterocycles. The average molecular weight is 332 g/mol. The third-order valence-electron chi connectivity index (χ3n) is 1.93. The van der Waals surface area contributed by atoms with Crippen LogP contribution in [0, 0.1) is 0 Å². The van der Waals surface area contributed by atoms with E-state index in [1.165, 1.54) is 6.08 Å². The van der Waals surface area contributed by atoms with Crippen LogP contribution >= 0.6 is 11.8 Å². The summed E-state index contributed by atoms with van der Waals surface area (Å²) in [5, 5.41) is 5.15. The quantitative estimate of drug-likeness (QED) is 0.373. The van der Waals surface area contributed by atoms with Crippen molar-refractivity contribution in [3.05, 3.63) is 12.7 Å². The Bertz CT molecular complexity index is 393. The highest BCUT2D eigenvalue weighted by Gasteiger charge is 2.15. The van der Waals surface area contributed by atoms with Gasteiger partial charge in [0.2, 0.25) is 5.91 Å². The number of amides is 2. The van der Waals surface area contributed by atoms with Crippen LogP contribution < -0.4 is 10.6 Å². The fourth-order valence-electron chi connectivity index (χ4n) is 1.15. The van der Waals surface area contributed by atoms with Gasteiger partial charge in [0.1, 0.15) is 12.2 Å². The van der Waals surface area contributed by atoms with Gasteiger partial charge < -0.3 is 20.1 Å². The number of hydrogen-bond donors (Lipinski definition) is 2. The molecular weight excluding hydrogens is 308 g/mol. The lowest BCUT2D eigenvalue weighted by Gasteiger charge is -2.19. The van der Waals surface area contributed by atoms with E-state index < -0.39 is 11.7 Å². The molecule has 0 aromatic rings. The van der Waals surface area contributed by atoms with E-state index in [1.54, 1.807) is 20.8 Å². The fraction of sp³-hybridized carbons (Fsp3) is 0.643. The summed E-state index contributed by atoms with van der Waals surface area (Å²) < 4.78 is 9.81. The van der Waals surface area contributed by atoms with E-state index in [0.717, 1.165) is 11.8 Å². The fourth-order valence-corrected chi connectivity index (χ4v) is 1.79. The Hall–Kier alpha value is -1.70. The van der Waals surface area contributed by atoms with Crippen molar-refractivity contribution in [3.63, 3.8) is 0 Å². The molecule has 0 heterocycles. The number of rotatable bonds is 9. The lowest BCUT2D eigenvalue weighted by atomic mass is 10.2. The number of nitrogens with one attached hydrogen (secondary N) is 2. The first-order valence-electron chi connectivity index (χ1n) is 6.82. The van der Waals surface area contributed by atoms with E-state index >= 15 is 0 Å². The molecule has 0 atom stereocenters. The molecule has 0 aliphatic carbocycles. The average Bonchev–Trinajstić information content (AvgIpc) is 2.39. The van der Waals surface area contributed by atoms with E-state index in [9.17, 15) is 14.4 Å². The number of carbonyl (C=O) groups is 3. The van der Waals surface area contributed by atoms with Gasteiger partial charge >= 0.3 is 12.1 Å². The number of alkyl carbamates (subject to hydrolysis) is 1. The Morgan fingerprint density at radius 1 is 1.14 bits per heavy atom. The SMILES string of the molecule is C=CCOC(=O)CSCC(=O)NCCNC(=O)OC(C)(C)C. The van der Waals surface area contributed by atoms with Gasteiger partial charge in [-0.15, -0.1) is 11.8 Å². The first-order chi connectivity index (χ1) is 10.2. The van der Waals surface area contributed by atoms with E-state index in [1.807, 2.05) is 0 Å². The van der Waals surface area contributed by atoms with Crippen molar-refractivity contribution in [1.29, 1.82) is 0 Å². The molecule has 0 aromatic heterocycles. The summed E-state index contributed by atoms with van der Waals surface area (Å²) in [6.07, 6.45) is 0.952. The minimum atomic E-state index is -0.551. The van der Waals surface area contributed by atoms with E-state index in [0.29, 0.717) is 6.54 Å². The van der Waals surface area contributed by atoms with Crippen molar-refractivity contribution in [1.82, 2.24) is 10.6 Å². The first kappa shape index (κ1) is 20.3. The maximum Gasteiger partial charge on any atom is 0.407 e. The third-order valence-corrected chi connectivity index (χ3v) is 2.84. The molecule has 0 saturated heterocycles. The number of ether oxygens (including phenoxy) is 2. The number of carbonyl (C=O) groups excluding carboxylic acids is 3. The van der Waals surface area contributed by atoms with Gasteiger partial charge in [-0.3, -0.25) is 9.59 Å². The van der Waals surface area contributed by atoms with Crippen molar-refractivity contribution in [2.45, 2.75) is 26.4 Å². The Morgan fingerprint density at radius 3 is 2.36 bits per heavy atom. The second kappa shape index (κ2) is 10.9. The van der Waals surface area contributed by atoms with Crippen molar-refractivity contribution in [3.8, 4) is 0 Å². The zero-order valence-electron chi connectivity index (χ0n) is 13.3. The summed E-state index contributed by atoms with van der Waals surface area (Å²) in [4.78, 5) is 33.9. The van der Waals surface area contributed by atoms with Crippen LogP contribution in [0.15, 0.2) is 12.7 Å². The van der Waals surface area contributed by atoms with Gasteiger partial charge in [-0.05, 0) is 20.8 Å². The van der Waals surface area contributed by atoms with Gasteiger partial charge in [0.25, 0.3) is 0 Å². The van der Waals surface area contributed by atoms with Gasteiger partial charge in [0.15, 0.2) is 0 Å². The Morgan fingerprint density at radius 2 is 1.77 bits per heavy atom. The second-order valence-corrected chi connectivity index (χ2v) is 6.23. The highest BCUT2D eigenvalue weighted by atomic mass is 32.2. The number of thioether (sulfide) groups is 1. The first-order valence-corrected chi connectivity index (χ1v) is 7.98. The van der Waals surface area contributed by atoms with Crippen LogP contribution in [-0.4, -0.2) is 54.8 Å². The summed E-state index contributed by atoms with van der Waals surface area (Å²) >= 11 is 1.16. The molecule has 22 heavy (non-hydrogen) atoms. The molecule has 0 aliphatic rings. The lowest BCUT2D eigenvalue weighted by molar-refractivity contribution is -0.139. The second-order valence-electron chi connectivity index (χ2n) is 5.24. The minimum Gasteiger partial charge on any atom is -0.461 e. The van der Waals surface area contributed by atoms with Crippen LogP contribution in [0.2, 0.25) is 0 Å². The van der Waals surface area contributed by atoms with Crippen LogP contribution in [0.25, 0.3) is 0 Å². The zero-order valence-corrected chi connectivity index (χ0v) is 14.1. The van der Waals surface area contributed by atoms with Crippen molar-refractivity contribution < 1.29 is 23.9 Å². The summed E-state index contributed by atoms with van der Waals surface area (Å²) in [5.41, 5.74) is -0.551. The monoisotopic (exact) mass is 332 g/mol. The van der Waals surface area contributed by atoms with Crippen LogP contribution in [0.1, 0.15) is 20.8 Å². The summed E-state index contributed by atoms with van der Waals surface area (Å²) in [6, 6.07) is 0. The molecule has 8 heteroatoms. The highest BCUT2D eigenvalue weighted by molar-refractivity contribution is 8.00. The van der Waals surface area contributed by atoms with Gasteiger partial charge in [0.05, 0.1) is 11.5 Å². The van der Waals surface area contributed by atoms with Crippen LogP contribution in [-0.2, 0) is 19.1 Å². The standard InChI is InChI=1S/C14H24N2O5S/c1-5-8-20-12(18)10-22-9-11(17)15-6-7-16-13(19)21-14(2,3)4/h5H,1,6-10H2,2-4H3,(H,15,17)(H,16,19). The van der Waals surface area contributed by atoms with E-state index in [4.69, 9.17) is 9.47 Å². The normalized spacial score (nSPS) is 10.5. The van der Waals surface area contributed by atoms with E-state index in [2.05, 4.69) is 17.2 Å². The minimum absolute atomic E-state index is 0.109. The van der Waals surface area contributed by atoms with Crippen LogP contribution in [0.4, 0.5) is 4.79 Å². The topological polar surface area (TPSA) is 93.7 Å². The molecular formula is C14H24N2O5S. The Balaban J connectivity index is 3.60. The largest absolute Gasteiger partial charge is 0.461 e. The van der Waals surface area contributed by atoms with Gasteiger partial charge in [-0.1, -0.05) is 12.7 Å². The number of esters is 1. The van der Waals surface area contributed by atoms with Crippen molar-refractivity contribution in [2.24, 2.45) is 0 Å². The Kier molecular flexibility index (Phi) is 10.1. The van der Waals surface area contributed by atoms with Crippen LogP contribution in [0.3, 0.4) is 0 Å². The van der Waals surface area contributed by atoms with Gasteiger partial charge in [-0.2, -0.15) is 0 Å². The smallest absolute Gasteiger partial charge is 0.407 e. The summed E-state index contributed by atoms with van der Waals surface area (Å²) in [6.45, 7) is 9.47. The maximum absolute atomic E-state index is 11.5. The molecule has 0 aromatic carbocycles. The third kappa shape index (κ3) is 13.3. The molecule has 2 N–H and O–H groups in total. The molecule has 0 spiro atoms. The van der Waals surface area contributed by atoms with Gasteiger partial charge in [0, 0.05) is 13.1 Å². The molecule has 0 saturated carbocycles. The van der Waals surface area contributed by atoms with E-state index in [-0.39, 0.29) is 36.5 Å². The zero-order chi connectivity index (χ0) is 17.0. The molecule has 0 radical (unpaired) electrons. The maximum atomic E-state index is 11.5. The molecule has 2 amide bonds. The molecule has 0 fully saturated rings. The summed E-state index contributed by atoms with van der Waals surface area (Å²) in [5.74, 6) is -0.343. The lowest BCUT2D eigenvalue weighted by Crippen LogP contribution is -2.38. The molecule has 126 valence electrons. The van der Waals surface area contributed by atoms with Crippen LogP contribution in [0.5, 0.6) is 0 Å². The molecule has 0 rings (SSSR count). The summed E-state index contributed by atoms with van der Waals surface area (Å²) in [7, 11) is 0. The number of hydrogen-bond acceptors (Lipinski definition) is 6. The predicted molar refractivity (Wildman–Crippen MR) is 85.7 cm³/mol. The van der Waals surface area contributed by atoms with Gasteiger partial charge in [-0.25, -0.2) is 4.79 Å². The molecule has 0 unspecified atom stereocenters. The Labute approximate surface area is 135 Å².